The molecule has 0 amide bonds. The molecule has 0 heterocycles. The fourth-order valence-corrected chi connectivity index (χ4v) is 3.39. The van der Waals surface area contributed by atoms with Crippen molar-refractivity contribution >= 4 is 57.8 Å². The van der Waals surface area contributed by atoms with Crippen molar-refractivity contribution in [2.75, 3.05) is 5.32 Å². The van der Waals surface area contributed by atoms with Crippen LogP contribution in [-0.2, 0) is 13.1 Å². The summed E-state index contributed by atoms with van der Waals surface area (Å²) < 4.78 is 0. The van der Waals surface area contributed by atoms with Crippen molar-refractivity contribution in [3.8, 4) is 0 Å². The van der Waals surface area contributed by atoms with Crippen molar-refractivity contribution in [3.05, 3.63) is 99.0 Å². The number of rotatable bonds is 5. The summed E-state index contributed by atoms with van der Waals surface area (Å²) in [7, 11) is 0. The highest BCUT2D eigenvalue weighted by Gasteiger charge is 2.13. The summed E-state index contributed by atoms with van der Waals surface area (Å²) in [4.78, 5) is 2.07. The molecule has 0 bridgehead atoms. The van der Waals surface area contributed by atoms with E-state index in [2.05, 4.69) is 22.3 Å². The van der Waals surface area contributed by atoms with Crippen molar-refractivity contribution in [2.45, 2.75) is 13.1 Å². The Morgan fingerprint density at radius 3 is 2.22 bits per heavy atom. The van der Waals surface area contributed by atoms with E-state index < -0.39 is 0 Å². The first-order valence-corrected chi connectivity index (χ1v) is 9.85. The molecular formula is C21H17Cl3N2S. The van der Waals surface area contributed by atoms with Crippen LogP contribution in [0.5, 0.6) is 0 Å². The highest BCUT2D eigenvalue weighted by atomic mass is 35.5. The lowest BCUT2D eigenvalue weighted by molar-refractivity contribution is 0.413. The number of halogens is 3. The summed E-state index contributed by atoms with van der Waals surface area (Å²) in [5.41, 5.74) is 3.03. The van der Waals surface area contributed by atoms with Crippen molar-refractivity contribution in [1.82, 2.24) is 4.90 Å². The zero-order valence-corrected chi connectivity index (χ0v) is 17.4. The molecule has 0 unspecified atom stereocenters. The highest BCUT2D eigenvalue weighted by Crippen LogP contribution is 2.24. The topological polar surface area (TPSA) is 15.3 Å². The van der Waals surface area contributed by atoms with Gasteiger partial charge in [0, 0.05) is 23.8 Å². The molecule has 3 aromatic rings. The van der Waals surface area contributed by atoms with Crippen LogP contribution in [-0.4, -0.2) is 10.0 Å². The summed E-state index contributed by atoms with van der Waals surface area (Å²) >= 11 is 24.0. The lowest BCUT2D eigenvalue weighted by atomic mass is 10.2. The number of nitrogens with zero attached hydrogens (tertiary/aromatic N) is 1. The van der Waals surface area contributed by atoms with Gasteiger partial charge in [0.05, 0.1) is 10.0 Å². The molecule has 0 atom stereocenters. The van der Waals surface area contributed by atoms with E-state index in [1.165, 1.54) is 0 Å². The minimum atomic E-state index is 0.530. The third-order valence-corrected chi connectivity index (χ3v) is 5.27. The van der Waals surface area contributed by atoms with Gasteiger partial charge in [-0.15, -0.1) is 0 Å². The maximum absolute atomic E-state index is 6.17. The van der Waals surface area contributed by atoms with Gasteiger partial charge in [-0.1, -0.05) is 77.3 Å². The first-order chi connectivity index (χ1) is 13.0. The molecule has 0 fully saturated rings. The lowest BCUT2D eigenvalue weighted by Gasteiger charge is -2.26. The number of benzene rings is 3. The summed E-state index contributed by atoms with van der Waals surface area (Å²) in [6.45, 7) is 1.26. The Bertz CT molecular complexity index is 932. The van der Waals surface area contributed by atoms with Gasteiger partial charge in [0.1, 0.15) is 0 Å². The van der Waals surface area contributed by atoms with Gasteiger partial charge in [0.2, 0.25) is 0 Å². The van der Waals surface area contributed by atoms with Gasteiger partial charge >= 0.3 is 0 Å². The van der Waals surface area contributed by atoms with Gasteiger partial charge < -0.3 is 10.2 Å². The molecule has 2 nitrogen and oxygen atoms in total. The van der Waals surface area contributed by atoms with E-state index in [-0.39, 0.29) is 0 Å². The molecule has 0 radical (unpaired) electrons. The Kier molecular flexibility index (Phi) is 6.97. The largest absolute Gasteiger partial charge is 0.340 e. The van der Waals surface area contributed by atoms with E-state index in [0.717, 1.165) is 16.8 Å². The lowest BCUT2D eigenvalue weighted by Crippen LogP contribution is -2.33. The molecule has 0 aromatic heterocycles. The van der Waals surface area contributed by atoms with Crippen LogP contribution >= 0.6 is 47.0 Å². The first-order valence-electron chi connectivity index (χ1n) is 8.30. The normalized spacial score (nSPS) is 10.5. The second-order valence-corrected chi connectivity index (χ2v) is 7.67. The van der Waals surface area contributed by atoms with Gasteiger partial charge in [0.15, 0.2) is 5.11 Å². The van der Waals surface area contributed by atoms with E-state index in [0.29, 0.717) is 33.3 Å². The zero-order valence-electron chi connectivity index (χ0n) is 14.3. The molecule has 27 heavy (non-hydrogen) atoms. The van der Waals surface area contributed by atoms with Crippen LogP contribution in [0.4, 0.5) is 5.69 Å². The number of thiocarbonyl (C=S) groups is 1. The summed E-state index contributed by atoms with van der Waals surface area (Å²) in [5.74, 6) is 0. The zero-order chi connectivity index (χ0) is 19.2. The number of hydrogen-bond donors (Lipinski definition) is 1. The number of nitrogens with one attached hydrogen (secondary N) is 1. The van der Waals surface area contributed by atoms with Crippen LogP contribution in [0.3, 0.4) is 0 Å². The average Bonchev–Trinajstić information content (AvgIpc) is 2.65. The van der Waals surface area contributed by atoms with E-state index >= 15 is 0 Å². The van der Waals surface area contributed by atoms with Crippen LogP contribution < -0.4 is 5.32 Å². The number of anilines is 1. The Morgan fingerprint density at radius 2 is 1.52 bits per heavy atom. The molecule has 0 spiro atoms. The Morgan fingerprint density at radius 1 is 0.778 bits per heavy atom. The van der Waals surface area contributed by atoms with E-state index in [1.807, 2.05) is 54.6 Å². The van der Waals surface area contributed by atoms with Crippen molar-refractivity contribution < 1.29 is 0 Å². The molecule has 1 N–H and O–H groups in total. The first kappa shape index (κ1) is 20.0. The minimum absolute atomic E-state index is 0.530. The molecule has 0 aliphatic carbocycles. The monoisotopic (exact) mass is 434 g/mol. The molecule has 6 heteroatoms. The fourth-order valence-electron chi connectivity index (χ4n) is 2.63. The third-order valence-electron chi connectivity index (χ3n) is 3.94. The molecular weight excluding hydrogens is 419 g/mol. The summed E-state index contributed by atoms with van der Waals surface area (Å²) in [5, 5.41) is 5.59. The molecule has 0 aliphatic heterocycles. The molecule has 0 saturated carbocycles. The second kappa shape index (κ2) is 9.43. The average molecular weight is 436 g/mol. The van der Waals surface area contributed by atoms with Crippen LogP contribution in [0.25, 0.3) is 0 Å². The van der Waals surface area contributed by atoms with Gasteiger partial charge in [-0.05, 0) is 53.7 Å². The molecule has 138 valence electrons. The Hall–Kier alpha value is -1.78. The second-order valence-electron chi connectivity index (χ2n) is 6.03. The smallest absolute Gasteiger partial charge is 0.174 e. The molecule has 3 aromatic carbocycles. The van der Waals surface area contributed by atoms with E-state index in [1.54, 1.807) is 6.07 Å². The SMILES string of the molecule is S=C(Nc1cccc(Cl)c1)N(Cc1ccccc1)Cc1ccc(Cl)c(Cl)c1. The van der Waals surface area contributed by atoms with Gasteiger partial charge in [-0.2, -0.15) is 0 Å². The van der Waals surface area contributed by atoms with Crippen LogP contribution in [0, 0.1) is 0 Å². The third kappa shape index (κ3) is 5.85. The predicted molar refractivity (Wildman–Crippen MR) is 120 cm³/mol. The standard InChI is InChI=1S/C21H17Cl3N2S/c22-17-7-4-8-18(12-17)25-21(27)26(13-15-5-2-1-3-6-15)14-16-9-10-19(23)20(24)11-16/h1-12H,13-14H2,(H,25,27). The Balaban J connectivity index is 1.81. The molecule has 0 saturated heterocycles. The van der Waals surface area contributed by atoms with Crippen molar-refractivity contribution in [3.63, 3.8) is 0 Å². The van der Waals surface area contributed by atoms with Gasteiger partial charge in [0.25, 0.3) is 0 Å². The van der Waals surface area contributed by atoms with Crippen LogP contribution in [0.15, 0.2) is 72.8 Å². The fraction of sp³-hybridized carbons (Fsp3) is 0.0952. The number of hydrogen-bond acceptors (Lipinski definition) is 1. The Labute approximate surface area is 179 Å². The maximum Gasteiger partial charge on any atom is 0.174 e. The van der Waals surface area contributed by atoms with Crippen LogP contribution in [0.2, 0.25) is 15.1 Å². The molecule has 3 rings (SSSR count). The minimum Gasteiger partial charge on any atom is -0.340 e. The van der Waals surface area contributed by atoms with Gasteiger partial charge in [-0.25, -0.2) is 0 Å². The predicted octanol–water partition coefficient (Wildman–Crippen LogP) is 7.05. The molecule has 0 aliphatic rings. The maximum atomic E-state index is 6.17. The van der Waals surface area contributed by atoms with E-state index in [9.17, 15) is 0 Å². The quantitative estimate of drug-likeness (QED) is 0.432. The summed E-state index contributed by atoms with van der Waals surface area (Å²) in [6.07, 6.45) is 0. The summed E-state index contributed by atoms with van der Waals surface area (Å²) in [6, 6.07) is 23.3. The van der Waals surface area contributed by atoms with Crippen molar-refractivity contribution in [1.29, 1.82) is 0 Å². The van der Waals surface area contributed by atoms with Crippen LogP contribution in [0.1, 0.15) is 11.1 Å². The van der Waals surface area contributed by atoms with Gasteiger partial charge in [-0.3, -0.25) is 0 Å². The highest BCUT2D eigenvalue weighted by molar-refractivity contribution is 7.80. The van der Waals surface area contributed by atoms with E-state index in [4.69, 9.17) is 47.0 Å². The van der Waals surface area contributed by atoms with Crippen molar-refractivity contribution in [2.24, 2.45) is 0 Å².